The van der Waals surface area contributed by atoms with Crippen LogP contribution in [0.15, 0.2) is 24.3 Å². The van der Waals surface area contributed by atoms with Crippen LogP contribution in [0.3, 0.4) is 0 Å². The molecule has 1 aromatic rings. The van der Waals surface area contributed by atoms with Crippen LogP contribution in [0.4, 0.5) is 10.1 Å². The lowest BCUT2D eigenvalue weighted by Crippen LogP contribution is -2.30. The van der Waals surface area contributed by atoms with E-state index < -0.39 is 5.82 Å². The van der Waals surface area contributed by atoms with E-state index in [1.54, 1.807) is 18.2 Å². The third-order valence-electron chi connectivity index (χ3n) is 3.89. The van der Waals surface area contributed by atoms with Crippen LogP contribution in [-0.2, 0) is 4.79 Å². The average molecular weight is 278 g/mol. The average Bonchev–Trinajstić information content (AvgIpc) is 2.47. The Bertz CT molecular complexity index is 430. The number of hydrogen-bond donors (Lipinski definition) is 2. The van der Waals surface area contributed by atoms with Crippen molar-refractivity contribution in [3.05, 3.63) is 30.1 Å². The molecular weight excluding hydrogens is 255 g/mol. The van der Waals surface area contributed by atoms with Crippen molar-refractivity contribution < 1.29 is 9.18 Å². The van der Waals surface area contributed by atoms with Gasteiger partial charge in [0.1, 0.15) is 5.82 Å². The van der Waals surface area contributed by atoms with E-state index in [0.29, 0.717) is 0 Å². The van der Waals surface area contributed by atoms with Gasteiger partial charge in [0.15, 0.2) is 0 Å². The largest absolute Gasteiger partial charge is 0.322 e. The molecule has 0 aromatic heterocycles. The summed E-state index contributed by atoms with van der Waals surface area (Å²) in [6.07, 6.45) is 7.84. The minimum atomic E-state index is -0.400. The van der Waals surface area contributed by atoms with Gasteiger partial charge in [0.05, 0.1) is 12.2 Å². The summed E-state index contributed by atoms with van der Waals surface area (Å²) in [5.41, 5.74) is 0.242. The Labute approximate surface area is 120 Å². The predicted octanol–water partition coefficient (Wildman–Crippen LogP) is 3.32. The third kappa shape index (κ3) is 4.93. The van der Waals surface area contributed by atoms with Gasteiger partial charge >= 0.3 is 0 Å². The third-order valence-corrected chi connectivity index (χ3v) is 3.89. The summed E-state index contributed by atoms with van der Waals surface area (Å²) in [6.45, 7) is 1.09. The highest BCUT2D eigenvalue weighted by atomic mass is 19.1. The van der Waals surface area contributed by atoms with Crippen LogP contribution in [0.25, 0.3) is 0 Å². The van der Waals surface area contributed by atoms with Crippen molar-refractivity contribution in [3.63, 3.8) is 0 Å². The number of amides is 1. The van der Waals surface area contributed by atoms with Gasteiger partial charge in [0.2, 0.25) is 5.91 Å². The number of nitrogens with one attached hydrogen (secondary N) is 2. The van der Waals surface area contributed by atoms with Crippen molar-refractivity contribution in [1.82, 2.24) is 5.32 Å². The van der Waals surface area contributed by atoms with E-state index in [4.69, 9.17) is 0 Å². The summed E-state index contributed by atoms with van der Waals surface area (Å²) in [4.78, 5) is 11.7. The maximum absolute atomic E-state index is 13.3. The van der Waals surface area contributed by atoms with Gasteiger partial charge in [-0.25, -0.2) is 4.39 Å². The van der Waals surface area contributed by atoms with E-state index >= 15 is 0 Å². The number of rotatable bonds is 6. The summed E-state index contributed by atoms with van der Waals surface area (Å²) >= 11 is 0. The molecule has 0 spiro atoms. The molecule has 0 heterocycles. The Morgan fingerprint density at radius 2 is 1.95 bits per heavy atom. The molecule has 2 rings (SSSR count). The zero-order valence-electron chi connectivity index (χ0n) is 11.8. The molecule has 0 radical (unpaired) electrons. The van der Waals surface area contributed by atoms with Crippen LogP contribution in [0.1, 0.15) is 38.5 Å². The molecule has 0 unspecified atom stereocenters. The van der Waals surface area contributed by atoms with Gasteiger partial charge in [0, 0.05) is 0 Å². The predicted molar refractivity (Wildman–Crippen MR) is 79.1 cm³/mol. The van der Waals surface area contributed by atoms with E-state index in [9.17, 15) is 9.18 Å². The Morgan fingerprint density at radius 3 is 2.70 bits per heavy atom. The molecule has 0 bridgehead atoms. The Morgan fingerprint density at radius 1 is 1.20 bits per heavy atom. The highest BCUT2D eigenvalue weighted by Crippen LogP contribution is 2.25. The molecule has 4 heteroatoms. The van der Waals surface area contributed by atoms with Gasteiger partial charge in [-0.15, -0.1) is 0 Å². The van der Waals surface area contributed by atoms with Crippen LogP contribution >= 0.6 is 0 Å². The van der Waals surface area contributed by atoms with E-state index in [0.717, 1.165) is 18.9 Å². The second kappa shape index (κ2) is 8.00. The first-order valence-corrected chi connectivity index (χ1v) is 7.51. The van der Waals surface area contributed by atoms with E-state index in [1.807, 2.05) is 0 Å². The Balaban J connectivity index is 1.61. The molecule has 1 saturated carbocycles. The molecule has 1 aromatic carbocycles. The summed E-state index contributed by atoms with van der Waals surface area (Å²) in [5.74, 6) is 0.215. The monoisotopic (exact) mass is 278 g/mol. The molecule has 0 aliphatic heterocycles. The lowest BCUT2D eigenvalue weighted by Gasteiger charge is -2.21. The number of anilines is 1. The molecule has 1 aliphatic carbocycles. The lowest BCUT2D eigenvalue weighted by molar-refractivity contribution is -0.115. The maximum Gasteiger partial charge on any atom is 0.238 e. The van der Waals surface area contributed by atoms with Gasteiger partial charge in [-0.3, -0.25) is 4.79 Å². The molecule has 1 amide bonds. The fourth-order valence-corrected chi connectivity index (χ4v) is 2.74. The number of carbonyl (C=O) groups is 1. The molecule has 1 fully saturated rings. The molecule has 2 N–H and O–H groups in total. The Kier molecular flexibility index (Phi) is 5.99. The van der Waals surface area contributed by atoms with E-state index in [-0.39, 0.29) is 18.1 Å². The summed E-state index contributed by atoms with van der Waals surface area (Å²) < 4.78 is 13.3. The van der Waals surface area contributed by atoms with Gasteiger partial charge in [-0.1, -0.05) is 44.2 Å². The second-order valence-electron chi connectivity index (χ2n) is 5.50. The van der Waals surface area contributed by atoms with Gasteiger partial charge in [-0.2, -0.15) is 0 Å². The highest BCUT2D eigenvalue weighted by Gasteiger charge is 2.13. The van der Waals surface area contributed by atoms with Gasteiger partial charge in [-0.05, 0) is 31.0 Å². The van der Waals surface area contributed by atoms with Gasteiger partial charge in [0.25, 0.3) is 0 Å². The number of halogens is 1. The van der Waals surface area contributed by atoms with Crippen LogP contribution in [0.5, 0.6) is 0 Å². The molecule has 20 heavy (non-hydrogen) atoms. The zero-order chi connectivity index (χ0) is 14.2. The fourth-order valence-electron chi connectivity index (χ4n) is 2.74. The Hall–Kier alpha value is -1.42. The number of hydrogen-bond acceptors (Lipinski definition) is 2. The number of benzene rings is 1. The highest BCUT2D eigenvalue weighted by molar-refractivity contribution is 5.92. The number of carbonyl (C=O) groups excluding carboxylic acids is 1. The van der Waals surface area contributed by atoms with Crippen LogP contribution in [-0.4, -0.2) is 19.0 Å². The molecular formula is C16H23FN2O. The fraction of sp³-hybridized carbons (Fsp3) is 0.562. The van der Waals surface area contributed by atoms with Crippen molar-refractivity contribution in [2.45, 2.75) is 38.5 Å². The second-order valence-corrected chi connectivity index (χ2v) is 5.50. The first-order valence-electron chi connectivity index (χ1n) is 7.51. The maximum atomic E-state index is 13.3. The SMILES string of the molecule is O=C(CNCCC1CCCCC1)Nc1ccccc1F. The molecule has 1 aliphatic rings. The standard InChI is InChI=1S/C16H23FN2O/c17-14-8-4-5-9-15(14)19-16(20)12-18-11-10-13-6-2-1-3-7-13/h4-5,8-9,13,18H,1-3,6-7,10-12H2,(H,19,20). The van der Waals surface area contributed by atoms with E-state index in [2.05, 4.69) is 10.6 Å². The smallest absolute Gasteiger partial charge is 0.238 e. The molecule has 3 nitrogen and oxygen atoms in total. The van der Waals surface area contributed by atoms with Crippen molar-refractivity contribution in [2.75, 3.05) is 18.4 Å². The first-order chi connectivity index (χ1) is 9.75. The lowest BCUT2D eigenvalue weighted by atomic mass is 9.87. The summed E-state index contributed by atoms with van der Waals surface area (Å²) in [5, 5.41) is 5.71. The summed E-state index contributed by atoms with van der Waals surface area (Å²) in [6, 6.07) is 6.21. The van der Waals surface area contributed by atoms with Crippen LogP contribution < -0.4 is 10.6 Å². The van der Waals surface area contributed by atoms with E-state index in [1.165, 1.54) is 38.2 Å². The minimum absolute atomic E-state index is 0.196. The van der Waals surface area contributed by atoms with Crippen molar-refractivity contribution in [3.8, 4) is 0 Å². The van der Waals surface area contributed by atoms with Crippen LogP contribution in [0.2, 0.25) is 0 Å². The van der Waals surface area contributed by atoms with Crippen LogP contribution in [0, 0.1) is 11.7 Å². The molecule has 110 valence electrons. The number of para-hydroxylation sites is 1. The summed E-state index contributed by atoms with van der Waals surface area (Å²) in [7, 11) is 0. The molecule has 0 saturated heterocycles. The van der Waals surface area contributed by atoms with Crippen molar-refractivity contribution in [1.29, 1.82) is 0 Å². The van der Waals surface area contributed by atoms with Crippen molar-refractivity contribution in [2.24, 2.45) is 5.92 Å². The topological polar surface area (TPSA) is 41.1 Å². The quantitative estimate of drug-likeness (QED) is 0.784. The first kappa shape index (κ1) is 15.0. The zero-order valence-corrected chi connectivity index (χ0v) is 11.8. The normalized spacial score (nSPS) is 16.1. The van der Waals surface area contributed by atoms with Gasteiger partial charge < -0.3 is 10.6 Å². The minimum Gasteiger partial charge on any atom is -0.322 e. The molecule has 0 atom stereocenters. The van der Waals surface area contributed by atoms with Crippen molar-refractivity contribution >= 4 is 11.6 Å².